The molecule has 1 N–H and O–H groups in total. The molecule has 2 rings (SSSR count). The maximum atomic E-state index is 12.1. The lowest BCUT2D eigenvalue weighted by atomic mass is 9.80. The number of benzene rings is 1. The van der Waals surface area contributed by atoms with Crippen LogP contribution in [0.1, 0.15) is 24.8 Å². The first-order chi connectivity index (χ1) is 10.1. The van der Waals surface area contributed by atoms with Crippen LogP contribution in [0.4, 0.5) is 0 Å². The second-order valence-corrected chi connectivity index (χ2v) is 4.69. The largest absolute Gasteiger partial charge is 0.496 e. The molecule has 1 fully saturated rings. The van der Waals surface area contributed by atoms with Crippen LogP contribution >= 0.6 is 0 Å². The molecule has 112 valence electrons. The minimum absolute atomic E-state index is 0.0373. The van der Waals surface area contributed by atoms with E-state index >= 15 is 0 Å². The van der Waals surface area contributed by atoms with Crippen LogP contribution in [0.2, 0.25) is 0 Å². The summed E-state index contributed by atoms with van der Waals surface area (Å²) in [5.74, 6) is -2.74. The number of rotatable bonds is 4. The average molecular weight is 291 g/mol. The van der Waals surface area contributed by atoms with Crippen LogP contribution in [0.5, 0.6) is 5.75 Å². The standard InChI is InChI=1S/C15H17NO5/c1-3-21-15(19)13-10(8-12(17)16-14(13)18)9-6-4-5-7-11(9)20-2/h4-7,10,13H,3,8H2,1-2H3,(H,16,17,18). The van der Waals surface area contributed by atoms with Gasteiger partial charge in [0.1, 0.15) is 11.7 Å². The molecular formula is C15H17NO5. The SMILES string of the molecule is CCOC(=O)C1C(=O)NC(=O)CC1c1ccccc1OC. The Hall–Kier alpha value is -2.37. The van der Waals surface area contributed by atoms with Gasteiger partial charge in [-0.05, 0) is 18.6 Å². The molecule has 1 saturated heterocycles. The van der Waals surface area contributed by atoms with E-state index in [-0.39, 0.29) is 13.0 Å². The van der Waals surface area contributed by atoms with Crippen LogP contribution in [0.15, 0.2) is 24.3 Å². The summed E-state index contributed by atoms with van der Waals surface area (Å²) < 4.78 is 10.2. The van der Waals surface area contributed by atoms with Crippen molar-refractivity contribution in [2.75, 3.05) is 13.7 Å². The van der Waals surface area contributed by atoms with Gasteiger partial charge in [-0.3, -0.25) is 19.7 Å². The number of carbonyl (C=O) groups is 3. The zero-order valence-electron chi connectivity index (χ0n) is 11.9. The minimum Gasteiger partial charge on any atom is -0.496 e. The highest BCUT2D eigenvalue weighted by Gasteiger charge is 2.43. The van der Waals surface area contributed by atoms with Gasteiger partial charge in [0.2, 0.25) is 11.8 Å². The van der Waals surface area contributed by atoms with E-state index in [2.05, 4.69) is 5.32 Å². The second kappa shape index (κ2) is 6.39. The number of hydrogen-bond acceptors (Lipinski definition) is 5. The molecule has 1 aliphatic heterocycles. The molecule has 0 saturated carbocycles. The average Bonchev–Trinajstić information content (AvgIpc) is 2.46. The molecule has 0 bridgehead atoms. The Balaban J connectivity index is 2.42. The van der Waals surface area contributed by atoms with Crippen molar-refractivity contribution < 1.29 is 23.9 Å². The van der Waals surface area contributed by atoms with Crippen LogP contribution < -0.4 is 10.1 Å². The molecular weight excluding hydrogens is 274 g/mol. The zero-order chi connectivity index (χ0) is 15.4. The number of carbonyl (C=O) groups excluding carboxylic acids is 3. The lowest BCUT2D eigenvalue weighted by Gasteiger charge is -2.29. The van der Waals surface area contributed by atoms with Crippen molar-refractivity contribution in [1.82, 2.24) is 5.32 Å². The molecule has 21 heavy (non-hydrogen) atoms. The zero-order valence-corrected chi connectivity index (χ0v) is 11.9. The quantitative estimate of drug-likeness (QED) is 0.508. The maximum Gasteiger partial charge on any atom is 0.319 e. The molecule has 2 atom stereocenters. The van der Waals surface area contributed by atoms with Crippen LogP contribution in [0.3, 0.4) is 0 Å². The molecule has 2 unspecified atom stereocenters. The van der Waals surface area contributed by atoms with Crippen LogP contribution in [-0.4, -0.2) is 31.5 Å². The number of hydrogen-bond donors (Lipinski definition) is 1. The monoisotopic (exact) mass is 291 g/mol. The van der Waals surface area contributed by atoms with Gasteiger partial charge in [0.05, 0.1) is 13.7 Å². The maximum absolute atomic E-state index is 12.1. The van der Waals surface area contributed by atoms with Gasteiger partial charge in [0, 0.05) is 12.3 Å². The molecule has 0 radical (unpaired) electrons. The Labute approximate surface area is 122 Å². The van der Waals surface area contributed by atoms with Gasteiger partial charge in [-0.15, -0.1) is 0 Å². The summed E-state index contributed by atoms with van der Waals surface area (Å²) in [5, 5.41) is 2.19. The summed E-state index contributed by atoms with van der Waals surface area (Å²) in [6.45, 7) is 1.84. The van der Waals surface area contributed by atoms with Crippen LogP contribution in [0.25, 0.3) is 0 Å². The van der Waals surface area contributed by atoms with Crippen molar-refractivity contribution in [2.45, 2.75) is 19.3 Å². The molecule has 6 heteroatoms. The summed E-state index contributed by atoms with van der Waals surface area (Å²) >= 11 is 0. The first-order valence-corrected chi connectivity index (χ1v) is 6.71. The van der Waals surface area contributed by atoms with Crippen molar-refractivity contribution in [2.24, 2.45) is 5.92 Å². The number of amides is 2. The smallest absolute Gasteiger partial charge is 0.319 e. The summed E-state index contributed by atoms with van der Waals surface area (Å²) in [6, 6.07) is 7.04. The molecule has 1 aliphatic rings. The Bertz CT molecular complexity index is 569. The normalized spacial score (nSPS) is 21.6. The van der Waals surface area contributed by atoms with E-state index < -0.39 is 29.6 Å². The predicted molar refractivity (Wildman–Crippen MR) is 73.6 cm³/mol. The third-order valence-corrected chi connectivity index (χ3v) is 3.43. The van der Waals surface area contributed by atoms with E-state index in [1.807, 2.05) is 0 Å². The van der Waals surface area contributed by atoms with Crippen molar-refractivity contribution in [3.05, 3.63) is 29.8 Å². The lowest BCUT2D eigenvalue weighted by molar-refractivity contribution is -0.155. The summed E-state index contributed by atoms with van der Waals surface area (Å²) in [5.41, 5.74) is 0.654. The molecule has 1 heterocycles. The molecule has 0 aliphatic carbocycles. The van der Waals surface area contributed by atoms with Gasteiger partial charge in [-0.2, -0.15) is 0 Å². The van der Waals surface area contributed by atoms with E-state index in [0.717, 1.165) is 0 Å². The number of imide groups is 1. The van der Waals surface area contributed by atoms with Crippen LogP contribution in [-0.2, 0) is 19.1 Å². The van der Waals surface area contributed by atoms with E-state index in [0.29, 0.717) is 11.3 Å². The summed E-state index contributed by atoms with van der Waals surface area (Å²) in [6.07, 6.45) is 0.0373. The first-order valence-electron chi connectivity index (χ1n) is 6.71. The summed E-state index contributed by atoms with van der Waals surface area (Å²) in [7, 11) is 1.50. The fourth-order valence-corrected chi connectivity index (χ4v) is 2.53. The topological polar surface area (TPSA) is 81.7 Å². The van der Waals surface area contributed by atoms with Crippen LogP contribution in [0, 0.1) is 5.92 Å². The highest BCUT2D eigenvalue weighted by atomic mass is 16.5. The molecule has 0 spiro atoms. The van der Waals surface area contributed by atoms with Gasteiger partial charge in [0.15, 0.2) is 0 Å². The van der Waals surface area contributed by atoms with Crippen molar-refractivity contribution in [3.8, 4) is 5.75 Å². The Morgan fingerprint density at radius 2 is 2.05 bits per heavy atom. The third-order valence-electron chi connectivity index (χ3n) is 3.43. The number of para-hydroxylation sites is 1. The van der Waals surface area contributed by atoms with Gasteiger partial charge >= 0.3 is 5.97 Å². The third kappa shape index (κ3) is 3.04. The Morgan fingerprint density at radius 1 is 1.33 bits per heavy atom. The lowest BCUT2D eigenvalue weighted by Crippen LogP contribution is -2.48. The fraction of sp³-hybridized carbons (Fsp3) is 0.400. The summed E-state index contributed by atoms with van der Waals surface area (Å²) in [4.78, 5) is 35.8. The number of piperidine rings is 1. The highest BCUT2D eigenvalue weighted by Crippen LogP contribution is 2.37. The molecule has 2 amide bonds. The van der Waals surface area contributed by atoms with E-state index in [4.69, 9.17) is 9.47 Å². The molecule has 0 aromatic heterocycles. The van der Waals surface area contributed by atoms with Crippen molar-refractivity contribution >= 4 is 17.8 Å². The predicted octanol–water partition coefficient (Wildman–Crippen LogP) is 1.00. The van der Waals surface area contributed by atoms with Crippen molar-refractivity contribution in [3.63, 3.8) is 0 Å². The number of methoxy groups -OCH3 is 1. The van der Waals surface area contributed by atoms with E-state index in [1.54, 1.807) is 31.2 Å². The number of nitrogens with one attached hydrogen (secondary N) is 1. The van der Waals surface area contributed by atoms with Gasteiger partial charge in [-0.25, -0.2) is 0 Å². The fourth-order valence-electron chi connectivity index (χ4n) is 2.53. The highest BCUT2D eigenvalue weighted by molar-refractivity contribution is 6.08. The minimum atomic E-state index is -1.04. The number of esters is 1. The Morgan fingerprint density at radius 3 is 2.71 bits per heavy atom. The number of ether oxygens (including phenoxy) is 2. The van der Waals surface area contributed by atoms with Gasteiger partial charge < -0.3 is 9.47 Å². The second-order valence-electron chi connectivity index (χ2n) is 4.69. The first kappa shape index (κ1) is 15.0. The van der Waals surface area contributed by atoms with Crippen molar-refractivity contribution in [1.29, 1.82) is 0 Å². The molecule has 1 aromatic rings. The van der Waals surface area contributed by atoms with E-state index in [9.17, 15) is 14.4 Å². The molecule has 6 nitrogen and oxygen atoms in total. The molecule has 1 aromatic carbocycles. The van der Waals surface area contributed by atoms with Gasteiger partial charge in [0.25, 0.3) is 0 Å². The Kier molecular flexibility index (Phi) is 4.57. The van der Waals surface area contributed by atoms with E-state index in [1.165, 1.54) is 7.11 Å². The van der Waals surface area contributed by atoms with Gasteiger partial charge in [-0.1, -0.05) is 18.2 Å².